The van der Waals surface area contributed by atoms with E-state index < -0.39 is 27.8 Å². The average molecular weight is 497 g/mol. The summed E-state index contributed by atoms with van der Waals surface area (Å²) in [5.74, 6) is -3.18. The molecule has 0 saturated heterocycles. The second-order valence-electron chi connectivity index (χ2n) is 6.19. The van der Waals surface area contributed by atoms with Crippen molar-refractivity contribution in [2.45, 2.75) is 11.4 Å². The number of hydrogen-bond acceptors (Lipinski definition) is 7. The molecule has 0 bridgehead atoms. The molecule has 174 valence electrons. The Morgan fingerprint density at radius 2 is 1.82 bits per heavy atom. The molecule has 0 unspecified atom stereocenters. The Bertz CT molecular complexity index is 1260. The Morgan fingerprint density at radius 1 is 1.18 bits per heavy atom. The monoisotopic (exact) mass is 496 g/mol. The zero-order chi connectivity index (χ0) is 24.6. The first-order valence-electron chi connectivity index (χ1n) is 9.04. The number of carbonyl (C=O) groups is 2. The lowest BCUT2D eigenvalue weighted by Gasteiger charge is -2.11. The Hall–Kier alpha value is -3.61. The van der Waals surface area contributed by atoms with Gasteiger partial charge >= 0.3 is 11.9 Å². The highest BCUT2D eigenvalue weighted by Crippen LogP contribution is 2.33. The second kappa shape index (κ2) is 11.3. The lowest BCUT2D eigenvalue weighted by molar-refractivity contribution is -0.134. The van der Waals surface area contributed by atoms with Gasteiger partial charge in [-0.05, 0) is 31.3 Å². The van der Waals surface area contributed by atoms with Crippen molar-refractivity contribution in [1.29, 1.82) is 0 Å². The summed E-state index contributed by atoms with van der Waals surface area (Å²) in [5.41, 5.74) is 0.230. The molecule has 0 aliphatic rings. The van der Waals surface area contributed by atoms with E-state index >= 15 is 0 Å². The van der Waals surface area contributed by atoms with Gasteiger partial charge in [-0.3, -0.25) is 4.98 Å². The van der Waals surface area contributed by atoms with Crippen LogP contribution in [0.4, 0.5) is 4.39 Å². The Morgan fingerprint density at radius 3 is 2.33 bits per heavy atom. The molecule has 0 fully saturated rings. The highest BCUT2D eigenvalue weighted by atomic mass is 35.5. The van der Waals surface area contributed by atoms with Gasteiger partial charge in [-0.15, -0.1) is 0 Å². The highest BCUT2D eigenvalue weighted by molar-refractivity contribution is 7.90. The van der Waals surface area contributed by atoms with E-state index in [1.807, 2.05) is 0 Å². The molecule has 0 aliphatic heterocycles. The first kappa shape index (κ1) is 25.6. The molecule has 3 rings (SSSR count). The number of rotatable bonds is 7. The number of aliphatic carboxylic acids is 2. The lowest BCUT2D eigenvalue weighted by Crippen LogP contribution is -2.14. The summed E-state index contributed by atoms with van der Waals surface area (Å²) < 4.78 is 41.8. The van der Waals surface area contributed by atoms with Crippen LogP contribution in [0.15, 0.2) is 66.1 Å². The minimum Gasteiger partial charge on any atom is -0.478 e. The lowest BCUT2D eigenvalue weighted by atomic mass is 10.2. The van der Waals surface area contributed by atoms with Crippen LogP contribution in [0.2, 0.25) is 5.15 Å². The Balaban J connectivity index is 0.000000414. The van der Waals surface area contributed by atoms with Gasteiger partial charge in [-0.1, -0.05) is 11.6 Å². The highest BCUT2D eigenvalue weighted by Gasteiger charge is 2.27. The van der Waals surface area contributed by atoms with E-state index in [0.29, 0.717) is 12.2 Å². The molecule has 3 heterocycles. The topological polar surface area (TPSA) is 151 Å². The smallest absolute Gasteiger partial charge is 0.328 e. The van der Waals surface area contributed by atoms with Gasteiger partial charge in [0.25, 0.3) is 10.0 Å². The van der Waals surface area contributed by atoms with E-state index in [1.54, 1.807) is 13.1 Å². The van der Waals surface area contributed by atoms with Crippen molar-refractivity contribution in [2.24, 2.45) is 0 Å². The largest absolute Gasteiger partial charge is 0.478 e. The van der Waals surface area contributed by atoms with Gasteiger partial charge in [0.1, 0.15) is 15.7 Å². The van der Waals surface area contributed by atoms with Crippen molar-refractivity contribution in [3.63, 3.8) is 0 Å². The fourth-order valence-corrected chi connectivity index (χ4v) is 4.14. The van der Waals surface area contributed by atoms with Crippen LogP contribution >= 0.6 is 11.6 Å². The average Bonchev–Trinajstić information content (AvgIpc) is 3.11. The van der Waals surface area contributed by atoms with E-state index in [0.717, 1.165) is 3.97 Å². The first-order valence-corrected chi connectivity index (χ1v) is 10.9. The standard InChI is InChI=1S/C16H14ClFN4O2S.C4H4O4/c1-19-8-11-10-22(25(23,24)12-4-2-6-20-9-12)15(14(11)18)13-5-3-7-21-16(13)17;5-3(6)1-2-4(7)8/h2-7,9-10,19H,8H2,1H3;1-2H,(H,5,6)(H,7,8). The minimum atomic E-state index is -4.05. The summed E-state index contributed by atoms with van der Waals surface area (Å²) in [6.07, 6.45) is 6.47. The van der Waals surface area contributed by atoms with Gasteiger partial charge in [-0.25, -0.2) is 31.4 Å². The minimum absolute atomic E-state index is 0.0122. The van der Waals surface area contributed by atoms with E-state index in [2.05, 4.69) is 15.3 Å². The molecule has 33 heavy (non-hydrogen) atoms. The van der Waals surface area contributed by atoms with Crippen molar-refractivity contribution in [3.05, 3.63) is 77.7 Å². The zero-order valence-corrected chi connectivity index (χ0v) is 18.6. The van der Waals surface area contributed by atoms with Crippen LogP contribution in [0.3, 0.4) is 0 Å². The van der Waals surface area contributed by atoms with Crippen LogP contribution in [-0.2, 0) is 26.2 Å². The quantitative estimate of drug-likeness (QED) is 0.330. The molecule has 0 spiro atoms. The number of nitrogens with zero attached hydrogens (tertiary/aromatic N) is 3. The molecule has 0 atom stereocenters. The summed E-state index contributed by atoms with van der Waals surface area (Å²) in [6, 6.07) is 5.98. The van der Waals surface area contributed by atoms with Crippen molar-refractivity contribution in [2.75, 3.05) is 7.05 Å². The molecule has 0 aliphatic carbocycles. The third-order valence-electron chi connectivity index (χ3n) is 3.92. The van der Waals surface area contributed by atoms with Gasteiger partial charge < -0.3 is 15.5 Å². The van der Waals surface area contributed by atoms with E-state index in [9.17, 15) is 22.4 Å². The van der Waals surface area contributed by atoms with Crippen LogP contribution < -0.4 is 5.32 Å². The van der Waals surface area contributed by atoms with Crippen molar-refractivity contribution in [1.82, 2.24) is 19.3 Å². The van der Waals surface area contributed by atoms with Gasteiger partial charge in [0, 0.05) is 54.6 Å². The van der Waals surface area contributed by atoms with Crippen molar-refractivity contribution >= 4 is 33.6 Å². The van der Waals surface area contributed by atoms with Crippen molar-refractivity contribution in [3.8, 4) is 11.3 Å². The summed E-state index contributed by atoms with van der Waals surface area (Å²) >= 11 is 6.07. The molecule has 3 aromatic rings. The predicted molar refractivity (Wildman–Crippen MR) is 117 cm³/mol. The third-order valence-corrected chi connectivity index (χ3v) is 5.87. The Kier molecular flexibility index (Phi) is 8.79. The molecular weight excluding hydrogens is 479 g/mol. The van der Waals surface area contributed by atoms with Gasteiger partial charge in [-0.2, -0.15) is 0 Å². The Labute approximate surface area is 193 Å². The first-order chi connectivity index (χ1) is 15.6. The van der Waals surface area contributed by atoms with Crippen LogP contribution in [0.5, 0.6) is 0 Å². The number of pyridine rings is 2. The molecule has 13 heteroatoms. The summed E-state index contributed by atoms with van der Waals surface area (Å²) in [6.45, 7) is 0.159. The fraction of sp³-hybridized carbons (Fsp3) is 0.100. The molecule has 10 nitrogen and oxygen atoms in total. The number of carboxylic acids is 2. The number of halogens is 2. The van der Waals surface area contributed by atoms with Gasteiger partial charge in [0.15, 0.2) is 5.82 Å². The van der Waals surface area contributed by atoms with E-state index in [4.69, 9.17) is 21.8 Å². The number of nitrogens with one attached hydrogen (secondary N) is 1. The third kappa shape index (κ3) is 6.44. The molecule has 0 saturated carbocycles. The molecule has 3 aromatic heterocycles. The van der Waals surface area contributed by atoms with Crippen LogP contribution in [0.25, 0.3) is 11.3 Å². The zero-order valence-electron chi connectivity index (χ0n) is 17.0. The molecule has 0 aromatic carbocycles. The SMILES string of the molecule is CNCc1cn(S(=O)(=O)c2cccnc2)c(-c2cccnc2Cl)c1F.O=C(O)C=CC(=O)O. The summed E-state index contributed by atoms with van der Waals surface area (Å²) in [7, 11) is -2.41. The van der Waals surface area contributed by atoms with E-state index in [1.165, 1.54) is 43.0 Å². The fourth-order valence-electron chi connectivity index (χ4n) is 2.57. The van der Waals surface area contributed by atoms with Crippen LogP contribution in [0, 0.1) is 5.82 Å². The van der Waals surface area contributed by atoms with Crippen molar-refractivity contribution < 1.29 is 32.6 Å². The van der Waals surface area contributed by atoms with Gasteiger partial charge in [0.2, 0.25) is 0 Å². The van der Waals surface area contributed by atoms with E-state index in [-0.39, 0.29) is 33.4 Å². The van der Waals surface area contributed by atoms with Gasteiger partial charge in [0.05, 0.1) is 0 Å². The number of carboxylic acid groups (broad SMARTS) is 2. The predicted octanol–water partition coefficient (Wildman–Crippen LogP) is 2.41. The maximum absolute atomic E-state index is 15.0. The summed E-state index contributed by atoms with van der Waals surface area (Å²) in [4.78, 5) is 26.8. The second-order valence-corrected chi connectivity index (χ2v) is 8.36. The van der Waals surface area contributed by atoms with Crippen LogP contribution in [0.1, 0.15) is 5.56 Å². The normalized spacial score (nSPS) is 11.1. The molecule has 0 amide bonds. The molecule has 0 radical (unpaired) electrons. The molecule has 3 N–H and O–H groups in total. The number of aromatic nitrogens is 3. The van der Waals surface area contributed by atoms with Crippen LogP contribution in [-0.4, -0.2) is 51.6 Å². The molecular formula is C20H18ClFN4O6S. The maximum atomic E-state index is 15.0. The summed E-state index contributed by atoms with van der Waals surface area (Å²) in [5, 5.41) is 18.5. The maximum Gasteiger partial charge on any atom is 0.328 e. The number of hydrogen-bond donors (Lipinski definition) is 3.